The maximum atomic E-state index is 2.67. The lowest BCUT2D eigenvalue weighted by molar-refractivity contribution is 0.0557. The number of benzene rings is 6. The molecule has 1 nitrogen and oxygen atoms in total. The highest BCUT2D eigenvalue weighted by atomic mass is 15.1. The topological polar surface area (TPSA) is 3.24 Å². The van der Waals surface area contributed by atoms with E-state index in [-0.39, 0.29) is 10.8 Å². The first-order chi connectivity index (χ1) is 26.2. The Morgan fingerprint density at radius 3 is 2.13 bits per heavy atom. The van der Waals surface area contributed by atoms with Crippen LogP contribution in [0.3, 0.4) is 0 Å². The zero-order valence-corrected chi connectivity index (χ0v) is 31.0. The predicted molar refractivity (Wildman–Crippen MR) is 220 cm³/mol. The summed E-state index contributed by atoms with van der Waals surface area (Å²) in [5, 5.41) is 2.59. The van der Waals surface area contributed by atoms with Gasteiger partial charge in [0.2, 0.25) is 0 Å². The van der Waals surface area contributed by atoms with Crippen molar-refractivity contribution in [3.05, 3.63) is 150 Å². The maximum Gasteiger partial charge on any atom is 0.0543 e. The highest BCUT2D eigenvalue weighted by molar-refractivity contribution is 5.98. The van der Waals surface area contributed by atoms with Crippen LogP contribution in [0.15, 0.2) is 127 Å². The molecule has 4 fully saturated rings. The van der Waals surface area contributed by atoms with Crippen molar-refractivity contribution >= 4 is 27.8 Å². The number of rotatable bonds is 4. The van der Waals surface area contributed by atoms with Gasteiger partial charge in [0, 0.05) is 27.8 Å². The molecule has 6 aromatic carbocycles. The van der Waals surface area contributed by atoms with Gasteiger partial charge in [-0.2, -0.15) is 0 Å². The van der Waals surface area contributed by atoms with Crippen molar-refractivity contribution in [1.29, 1.82) is 0 Å². The van der Waals surface area contributed by atoms with Crippen molar-refractivity contribution in [3.8, 4) is 22.3 Å². The molecule has 6 aliphatic carbocycles. The van der Waals surface area contributed by atoms with Crippen molar-refractivity contribution in [3.63, 3.8) is 0 Å². The molecule has 6 aliphatic rings. The first-order valence-corrected chi connectivity index (χ1v) is 20.9. The van der Waals surface area contributed by atoms with Crippen molar-refractivity contribution in [2.75, 3.05) is 4.90 Å². The molecule has 7 unspecified atom stereocenters. The van der Waals surface area contributed by atoms with Gasteiger partial charge in [0.1, 0.15) is 0 Å². The molecule has 4 saturated carbocycles. The molecule has 0 heterocycles. The number of hydrogen-bond donors (Lipinski definition) is 0. The van der Waals surface area contributed by atoms with E-state index in [1.54, 1.807) is 22.3 Å². The van der Waals surface area contributed by atoms with Gasteiger partial charge < -0.3 is 4.90 Å². The van der Waals surface area contributed by atoms with Crippen molar-refractivity contribution in [1.82, 2.24) is 0 Å². The molecule has 2 spiro atoms. The Bertz CT molecular complexity index is 2450. The van der Waals surface area contributed by atoms with Gasteiger partial charge in [-0.05, 0) is 148 Å². The fourth-order valence-corrected chi connectivity index (χ4v) is 14.0. The molecule has 0 amide bonds. The molecule has 4 bridgehead atoms. The van der Waals surface area contributed by atoms with Crippen molar-refractivity contribution < 1.29 is 0 Å². The van der Waals surface area contributed by atoms with E-state index in [2.05, 4.69) is 139 Å². The third kappa shape index (κ3) is 3.99. The van der Waals surface area contributed by atoms with Crippen LogP contribution in [0.2, 0.25) is 0 Å². The average molecular weight is 688 g/mol. The molecule has 0 N–H and O–H groups in total. The van der Waals surface area contributed by atoms with Gasteiger partial charge in [0.25, 0.3) is 0 Å². The zero-order valence-electron chi connectivity index (χ0n) is 31.0. The Labute approximate surface area is 315 Å². The van der Waals surface area contributed by atoms with Crippen LogP contribution in [-0.4, -0.2) is 0 Å². The number of anilines is 3. The molecule has 0 radical (unpaired) electrons. The van der Waals surface area contributed by atoms with E-state index in [9.17, 15) is 0 Å². The molecule has 12 rings (SSSR count). The monoisotopic (exact) mass is 687 g/mol. The van der Waals surface area contributed by atoms with Gasteiger partial charge >= 0.3 is 0 Å². The van der Waals surface area contributed by atoms with Gasteiger partial charge in [-0.1, -0.05) is 130 Å². The predicted octanol–water partition coefficient (Wildman–Crippen LogP) is 13.9. The molecule has 0 aromatic heterocycles. The Balaban J connectivity index is 1.12. The van der Waals surface area contributed by atoms with Crippen LogP contribution in [0.1, 0.15) is 93.4 Å². The third-order valence-corrected chi connectivity index (χ3v) is 15.8. The van der Waals surface area contributed by atoms with E-state index in [4.69, 9.17) is 0 Å². The second-order valence-electron chi connectivity index (χ2n) is 17.9. The summed E-state index contributed by atoms with van der Waals surface area (Å²) >= 11 is 0. The van der Waals surface area contributed by atoms with Crippen LogP contribution in [0.25, 0.3) is 33.0 Å². The molecule has 262 valence electrons. The van der Waals surface area contributed by atoms with Crippen molar-refractivity contribution in [2.24, 2.45) is 29.6 Å². The summed E-state index contributed by atoms with van der Waals surface area (Å²) < 4.78 is 0. The second-order valence-corrected chi connectivity index (χ2v) is 17.9. The summed E-state index contributed by atoms with van der Waals surface area (Å²) in [5.74, 6) is 3.87. The summed E-state index contributed by atoms with van der Waals surface area (Å²) in [7, 11) is 0. The van der Waals surface area contributed by atoms with Gasteiger partial charge in [0.15, 0.2) is 0 Å². The standard InChI is InChI=1S/C52H49N/c1-2-37-27-33-11-9-14-39(28-33)52(37)46-18-8-6-16-44(46)50-47(52)19-10-20-49(50)53(40-24-22-35-12-3-4-13-36(35)30-40)41-25-26-43-42-15-5-7-17-45(42)51(48(43)31-41)32-34-21-23-38(51)29-34/h3-8,10,12-13,15-20,22,24-26,30-31,33-34,37-39H,2,9,11,14,21,23,27-29,32H2,1H3. The Kier molecular flexibility index (Phi) is 6.51. The Morgan fingerprint density at radius 1 is 0.547 bits per heavy atom. The molecule has 7 atom stereocenters. The van der Waals surface area contributed by atoms with Crippen LogP contribution in [-0.2, 0) is 10.8 Å². The molecule has 0 saturated heterocycles. The summed E-state index contributed by atoms with van der Waals surface area (Å²) in [4.78, 5) is 2.67. The van der Waals surface area contributed by atoms with E-state index in [0.717, 1.165) is 17.8 Å². The molecule has 0 aliphatic heterocycles. The Morgan fingerprint density at radius 2 is 1.28 bits per heavy atom. The minimum atomic E-state index is 0.0926. The summed E-state index contributed by atoms with van der Waals surface area (Å²) in [6.07, 6.45) is 13.6. The highest BCUT2D eigenvalue weighted by Crippen LogP contribution is 2.68. The van der Waals surface area contributed by atoms with Gasteiger partial charge in [-0.3, -0.25) is 0 Å². The molecule has 53 heavy (non-hydrogen) atoms. The summed E-state index contributed by atoms with van der Waals surface area (Å²) in [6, 6.07) is 50.1. The minimum Gasteiger partial charge on any atom is -0.310 e. The molecule has 6 aromatic rings. The average Bonchev–Trinajstić information content (AvgIpc) is 3.97. The highest BCUT2D eigenvalue weighted by Gasteiger charge is 2.58. The van der Waals surface area contributed by atoms with Crippen molar-refractivity contribution in [2.45, 2.75) is 82.0 Å². The number of fused-ring (bicyclic) bond motifs is 17. The smallest absolute Gasteiger partial charge is 0.0543 e. The molecular weight excluding hydrogens is 639 g/mol. The minimum absolute atomic E-state index is 0.0926. The van der Waals surface area contributed by atoms with E-state index in [1.165, 1.54) is 114 Å². The van der Waals surface area contributed by atoms with E-state index < -0.39 is 0 Å². The Hall–Kier alpha value is -4.62. The SMILES string of the molecule is CCC1CC2CCCC(C2)C12c1ccccc1-c1c(N(c3ccc4c(c3)C3(CC5CCC3C5)c3ccccc3-4)c3ccc4ccccc4c3)cccc12. The number of nitrogens with zero attached hydrogens (tertiary/aromatic N) is 1. The quantitative estimate of drug-likeness (QED) is 0.178. The third-order valence-electron chi connectivity index (χ3n) is 15.8. The first-order valence-electron chi connectivity index (χ1n) is 20.9. The fraction of sp³-hybridized carbons (Fsp3) is 0.346. The maximum absolute atomic E-state index is 2.67. The number of hydrogen-bond acceptors (Lipinski definition) is 1. The van der Waals surface area contributed by atoms with E-state index in [1.807, 2.05) is 0 Å². The lowest BCUT2D eigenvalue weighted by atomic mass is 9.50. The first kappa shape index (κ1) is 30.8. The zero-order chi connectivity index (χ0) is 34.9. The summed E-state index contributed by atoms with van der Waals surface area (Å²) in [6.45, 7) is 2.48. The fourth-order valence-electron chi connectivity index (χ4n) is 14.0. The van der Waals surface area contributed by atoms with Crippen LogP contribution < -0.4 is 4.90 Å². The molecule has 1 heteroatoms. The normalized spacial score (nSPS) is 29.7. The lowest BCUT2D eigenvalue weighted by Gasteiger charge is -2.54. The second kappa shape index (κ2) is 11.2. The van der Waals surface area contributed by atoms with Gasteiger partial charge in [0.05, 0.1) is 5.69 Å². The largest absolute Gasteiger partial charge is 0.310 e. The van der Waals surface area contributed by atoms with Gasteiger partial charge in [-0.15, -0.1) is 0 Å². The summed E-state index contributed by atoms with van der Waals surface area (Å²) in [5.41, 5.74) is 16.4. The van der Waals surface area contributed by atoms with Gasteiger partial charge in [-0.25, -0.2) is 0 Å². The van der Waals surface area contributed by atoms with Crippen LogP contribution in [0.4, 0.5) is 17.1 Å². The van der Waals surface area contributed by atoms with E-state index in [0.29, 0.717) is 11.8 Å². The van der Waals surface area contributed by atoms with Crippen LogP contribution in [0, 0.1) is 29.6 Å². The van der Waals surface area contributed by atoms with E-state index >= 15 is 0 Å². The van der Waals surface area contributed by atoms with Crippen LogP contribution in [0.5, 0.6) is 0 Å². The lowest BCUT2D eigenvalue weighted by Crippen LogP contribution is -2.48. The molecular formula is C52H49N. The van der Waals surface area contributed by atoms with Crippen LogP contribution >= 0.6 is 0 Å².